The second-order valence-corrected chi connectivity index (χ2v) is 8.39. The van der Waals surface area contributed by atoms with Gasteiger partial charge in [-0.25, -0.2) is 9.67 Å². The maximum atomic E-state index is 11.6. The number of carbonyl (C=O) groups is 1. The average molecular weight is 379 g/mol. The van der Waals surface area contributed by atoms with E-state index in [-0.39, 0.29) is 11.8 Å². The first kappa shape index (κ1) is 16.7. The molecule has 1 amide bonds. The van der Waals surface area contributed by atoms with Gasteiger partial charge in [-0.2, -0.15) is 5.10 Å². The summed E-state index contributed by atoms with van der Waals surface area (Å²) in [5.74, 6) is 2.20. The topological polar surface area (TPSA) is 59.8 Å². The third-order valence-electron chi connectivity index (χ3n) is 5.57. The molecule has 138 valence electrons. The molecule has 1 atom stereocenters. The second kappa shape index (κ2) is 6.93. The molecular formula is C21H22N4OS. The number of rotatable bonds is 4. The number of piperidine rings is 1. The van der Waals surface area contributed by atoms with E-state index in [2.05, 4.69) is 45.7 Å². The number of thiophene rings is 1. The molecule has 1 N–H and O–H groups in total. The van der Waals surface area contributed by atoms with Crippen molar-refractivity contribution in [1.82, 2.24) is 20.1 Å². The number of hydrogen-bond donors (Lipinski definition) is 1. The quantitative estimate of drug-likeness (QED) is 0.757. The molecule has 0 spiro atoms. The van der Waals surface area contributed by atoms with Gasteiger partial charge >= 0.3 is 0 Å². The van der Waals surface area contributed by atoms with Gasteiger partial charge < -0.3 is 5.32 Å². The largest absolute Gasteiger partial charge is 0.355 e. The summed E-state index contributed by atoms with van der Waals surface area (Å²) in [6.45, 7) is 0.644. The van der Waals surface area contributed by atoms with E-state index in [0.29, 0.717) is 13.0 Å². The number of carbonyl (C=O) groups excluding carboxylic acids is 1. The van der Waals surface area contributed by atoms with Crippen molar-refractivity contribution in [2.75, 3.05) is 6.54 Å². The number of aryl methyl sites for hydroxylation is 1. The van der Waals surface area contributed by atoms with E-state index in [0.717, 1.165) is 37.3 Å². The summed E-state index contributed by atoms with van der Waals surface area (Å²) < 4.78 is 2.06. The standard InChI is InChI=1S/C21H22N4OS/c26-20-10-9-15(13-22-20)21-23-19(12-16-6-3-11-27-16)24-25(21)18-8-2-5-14-4-1-7-17(14)18/h2-3,5-6,8,11,15H,1,4,7,9-10,12-13H2,(H,22,26)/t15-/m1/s1. The van der Waals surface area contributed by atoms with Crippen molar-refractivity contribution < 1.29 is 4.79 Å². The van der Waals surface area contributed by atoms with Crippen molar-refractivity contribution >= 4 is 17.2 Å². The molecule has 0 bridgehead atoms. The van der Waals surface area contributed by atoms with Crippen LogP contribution in [0.2, 0.25) is 0 Å². The van der Waals surface area contributed by atoms with Crippen LogP contribution in [0.4, 0.5) is 0 Å². The molecule has 0 unspecified atom stereocenters. The Morgan fingerprint density at radius 2 is 2.15 bits per heavy atom. The van der Waals surface area contributed by atoms with Gasteiger partial charge in [0.2, 0.25) is 5.91 Å². The predicted octanol–water partition coefficient (Wildman–Crippen LogP) is 3.40. The van der Waals surface area contributed by atoms with Gasteiger partial charge in [-0.1, -0.05) is 18.2 Å². The van der Waals surface area contributed by atoms with E-state index in [1.807, 2.05) is 0 Å². The fourth-order valence-corrected chi connectivity index (χ4v) is 4.91. The van der Waals surface area contributed by atoms with Gasteiger partial charge in [0.25, 0.3) is 0 Å². The van der Waals surface area contributed by atoms with Gasteiger partial charge in [-0.05, 0) is 54.3 Å². The Kier molecular flexibility index (Phi) is 4.28. The highest BCUT2D eigenvalue weighted by Crippen LogP contribution is 2.31. The van der Waals surface area contributed by atoms with Gasteiger partial charge in [0, 0.05) is 30.2 Å². The molecule has 6 heteroatoms. The van der Waals surface area contributed by atoms with E-state index in [9.17, 15) is 4.79 Å². The van der Waals surface area contributed by atoms with Crippen molar-refractivity contribution in [3.05, 3.63) is 63.4 Å². The Bertz CT molecular complexity index is 966. The minimum Gasteiger partial charge on any atom is -0.355 e. The smallest absolute Gasteiger partial charge is 0.220 e. The molecule has 1 aromatic carbocycles. The SMILES string of the molecule is O=C1CC[C@@H](c2nc(Cc3cccs3)nn2-c2cccc3c2CCC3)CN1. The first-order valence-corrected chi connectivity index (χ1v) is 10.5. The Morgan fingerprint density at radius 3 is 2.96 bits per heavy atom. The molecule has 1 fully saturated rings. The monoisotopic (exact) mass is 378 g/mol. The average Bonchev–Trinajstić information content (AvgIpc) is 3.43. The summed E-state index contributed by atoms with van der Waals surface area (Å²) in [6, 6.07) is 10.7. The number of aromatic nitrogens is 3. The van der Waals surface area contributed by atoms with E-state index in [4.69, 9.17) is 10.1 Å². The van der Waals surface area contributed by atoms with Crippen LogP contribution in [-0.4, -0.2) is 27.2 Å². The maximum absolute atomic E-state index is 11.6. The molecule has 5 nitrogen and oxygen atoms in total. The summed E-state index contributed by atoms with van der Waals surface area (Å²) >= 11 is 1.74. The van der Waals surface area contributed by atoms with Crippen LogP contribution < -0.4 is 5.32 Å². The molecule has 5 rings (SSSR count). The Morgan fingerprint density at radius 1 is 1.19 bits per heavy atom. The second-order valence-electron chi connectivity index (χ2n) is 7.36. The summed E-state index contributed by atoms with van der Waals surface area (Å²) in [5.41, 5.74) is 4.01. The summed E-state index contributed by atoms with van der Waals surface area (Å²) in [4.78, 5) is 17.8. The lowest BCUT2D eigenvalue weighted by Gasteiger charge is -2.22. The number of nitrogens with zero attached hydrogens (tertiary/aromatic N) is 3. The number of amides is 1. The fourth-order valence-electron chi connectivity index (χ4n) is 4.21. The molecule has 27 heavy (non-hydrogen) atoms. The van der Waals surface area contributed by atoms with Crippen LogP contribution in [0.25, 0.3) is 5.69 Å². The zero-order valence-corrected chi connectivity index (χ0v) is 16.0. The minimum atomic E-state index is 0.136. The summed E-state index contributed by atoms with van der Waals surface area (Å²) in [6.07, 6.45) is 5.60. The van der Waals surface area contributed by atoms with Crippen LogP contribution >= 0.6 is 11.3 Å². The lowest BCUT2D eigenvalue weighted by atomic mass is 9.98. The first-order valence-electron chi connectivity index (χ1n) is 9.64. The van der Waals surface area contributed by atoms with E-state index in [1.54, 1.807) is 11.3 Å². The molecule has 0 radical (unpaired) electrons. The Labute approximate surface area is 162 Å². The number of fused-ring (bicyclic) bond motifs is 1. The number of benzene rings is 1. The molecule has 1 aliphatic heterocycles. The predicted molar refractivity (Wildman–Crippen MR) is 105 cm³/mol. The lowest BCUT2D eigenvalue weighted by Crippen LogP contribution is -2.34. The molecule has 0 saturated carbocycles. The third kappa shape index (κ3) is 3.18. The van der Waals surface area contributed by atoms with Crippen molar-refractivity contribution in [3.8, 4) is 5.69 Å². The first-order chi connectivity index (χ1) is 13.3. The summed E-state index contributed by atoms with van der Waals surface area (Å²) in [7, 11) is 0. The molecular weight excluding hydrogens is 356 g/mol. The van der Waals surface area contributed by atoms with Crippen molar-refractivity contribution in [2.24, 2.45) is 0 Å². The molecule has 1 aliphatic carbocycles. The van der Waals surface area contributed by atoms with E-state index < -0.39 is 0 Å². The maximum Gasteiger partial charge on any atom is 0.220 e. The molecule has 2 aromatic heterocycles. The van der Waals surface area contributed by atoms with Crippen LogP contribution in [0.1, 0.15) is 52.8 Å². The molecule has 1 saturated heterocycles. The highest BCUT2D eigenvalue weighted by Gasteiger charge is 2.27. The van der Waals surface area contributed by atoms with Gasteiger partial charge in [-0.15, -0.1) is 11.3 Å². The molecule has 3 heterocycles. The Hall–Kier alpha value is -2.47. The van der Waals surface area contributed by atoms with Crippen LogP contribution in [0.3, 0.4) is 0 Å². The molecule has 3 aromatic rings. The van der Waals surface area contributed by atoms with Crippen molar-refractivity contribution in [3.63, 3.8) is 0 Å². The molecule has 2 aliphatic rings. The van der Waals surface area contributed by atoms with Crippen LogP contribution in [-0.2, 0) is 24.1 Å². The van der Waals surface area contributed by atoms with Crippen LogP contribution in [0.15, 0.2) is 35.7 Å². The van der Waals surface area contributed by atoms with Gasteiger partial charge in [-0.3, -0.25) is 4.79 Å². The highest BCUT2D eigenvalue weighted by atomic mass is 32.1. The normalized spacial score (nSPS) is 19.1. The number of nitrogens with one attached hydrogen (secondary N) is 1. The van der Waals surface area contributed by atoms with E-state index >= 15 is 0 Å². The fraction of sp³-hybridized carbons (Fsp3) is 0.381. The van der Waals surface area contributed by atoms with Crippen molar-refractivity contribution in [2.45, 2.75) is 44.4 Å². The van der Waals surface area contributed by atoms with Crippen LogP contribution in [0, 0.1) is 0 Å². The Balaban J connectivity index is 1.57. The summed E-state index contributed by atoms with van der Waals surface area (Å²) in [5, 5.41) is 10.0. The van der Waals surface area contributed by atoms with Crippen molar-refractivity contribution in [1.29, 1.82) is 0 Å². The lowest BCUT2D eigenvalue weighted by molar-refractivity contribution is -0.122. The van der Waals surface area contributed by atoms with Gasteiger partial charge in [0.05, 0.1) is 5.69 Å². The van der Waals surface area contributed by atoms with Crippen LogP contribution in [0.5, 0.6) is 0 Å². The minimum absolute atomic E-state index is 0.136. The zero-order chi connectivity index (χ0) is 18.2. The van der Waals surface area contributed by atoms with Gasteiger partial charge in [0.15, 0.2) is 5.82 Å². The van der Waals surface area contributed by atoms with E-state index in [1.165, 1.54) is 28.1 Å². The highest BCUT2D eigenvalue weighted by molar-refractivity contribution is 7.09. The third-order valence-corrected chi connectivity index (χ3v) is 6.44. The zero-order valence-electron chi connectivity index (χ0n) is 15.1. The van der Waals surface area contributed by atoms with Gasteiger partial charge in [0.1, 0.15) is 5.82 Å². The number of hydrogen-bond acceptors (Lipinski definition) is 4.